The van der Waals surface area contributed by atoms with Gasteiger partial charge in [0.05, 0.1) is 28.9 Å². The third-order valence-electron chi connectivity index (χ3n) is 4.49. The molecular formula is C16H20BFN2O2. The minimum Gasteiger partial charge on any atom is -0.399 e. The monoisotopic (exact) mass is 302 g/mol. The summed E-state index contributed by atoms with van der Waals surface area (Å²) >= 11 is 0. The third kappa shape index (κ3) is 2.46. The maximum absolute atomic E-state index is 14.4. The maximum atomic E-state index is 14.4. The van der Waals surface area contributed by atoms with E-state index in [0.717, 1.165) is 5.69 Å². The summed E-state index contributed by atoms with van der Waals surface area (Å²) in [6.07, 6.45) is 3.38. The Labute approximate surface area is 130 Å². The van der Waals surface area contributed by atoms with Crippen molar-refractivity contribution in [3.05, 3.63) is 42.2 Å². The zero-order valence-corrected chi connectivity index (χ0v) is 13.6. The number of imidazole rings is 1. The SMILES string of the molecule is Cc1cn(-c2ccc(B3OC(C)(C)C(C)(C)O3)cc2F)cn1. The predicted octanol–water partition coefficient (Wildman–Crippen LogP) is 2.62. The summed E-state index contributed by atoms with van der Waals surface area (Å²) in [5.41, 5.74) is 1.11. The summed E-state index contributed by atoms with van der Waals surface area (Å²) in [4.78, 5) is 4.12. The van der Waals surface area contributed by atoms with Gasteiger partial charge >= 0.3 is 7.12 Å². The van der Waals surface area contributed by atoms with Crippen LogP contribution in [0.2, 0.25) is 0 Å². The Morgan fingerprint density at radius 2 is 1.77 bits per heavy atom. The van der Waals surface area contributed by atoms with Crippen molar-refractivity contribution in [3.8, 4) is 5.69 Å². The van der Waals surface area contributed by atoms with Gasteiger partial charge in [-0.15, -0.1) is 0 Å². The highest BCUT2D eigenvalue weighted by Crippen LogP contribution is 2.36. The Morgan fingerprint density at radius 1 is 1.14 bits per heavy atom. The molecule has 1 aromatic heterocycles. The number of rotatable bonds is 2. The topological polar surface area (TPSA) is 36.3 Å². The quantitative estimate of drug-likeness (QED) is 0.800. The van der Waals surface area contributed by atoms with E-state index in [4.69, 9.17) is 9.31 Å². The molecule has 6 heteroatoms. The van der Waals surface area contributed by atoms with E-state index in [0.29, 0.717) is 11.2 Å². The summed E-state index contributed by atoms with van der Waals surface area (Å²) in [6, 6.07) is 5.01. The molecule has 0 N–H and O–H groups in total. The molecule has 0 bridgehead atoms. The first-order valence-corrected chi connectivity index (χ1v) is 7.36. The van der Waals surface area contributed by atoms with Crippen LogP contribution in [-0.4, -0.2) is 27.9 Å². The molecule has 1 aliphatic heterocycles. The molecule has 1 saturated heterocycles. The van der Waals surface area contributed by atoms with E-state index in [2.05, 4.69) is 4.98 Å². The number of hydrogen-bond donors (Lipinski definition) is 0. The van der Waals surface area contributed by atoms with E-state index in [9.17, 15) is 4.39 Å². The molecule has 2 heterocycles. The fourth-order valence-corrected chi connectivity index (χ4v) is 2.41. The Bertz CT molecular complexity index is 696. The molecule has 0 atom stereocenters. The lowest BCUT2D eigenvalue weighted by atomic mass is 9.79. The van der Waals surface area contributed by atoms with Gasteiger partial charge in [-0.1, -0.05) is 6.07 Å². The number of nitrogens with zero attached hydrogens (tertiary/aromatic N) is 2. The highest BCUT2D eigenvalue weighted by atomic mass is 19.1. The van der Waals surface area contributed by atoms with Crippen molar-refractivity contribution in [1.82, 2.24) is 9.55 Å². The second-order valence-electron chi connectivity index (χ2n) is 6.72. The van der Waals surface area contributed by atoms with Crippen LogP contribution in [0, 0.1) is 12.7 Å². The van der Waals surface area contributed by atoms with Crippen molar-refractivity contribution in [2.75, 3.05) is 0 Å². The molecule has 0 spiro atoms. The van der Waals surface area contributed by atoms with Crippen LogP contribution >= 0.6 is 0 Å². The molecule has 1 aliphatic rings. The zero-order chi connectivity index (χ0) is 16.1. The molecule has 2 aromatic rings. The van der Waals surface area contributed by atoms with E-state index < -0.39 is 18.3 Å². The van der Waals surface area contributed by atoms with Crippen LogP contribution in [-0.2, 0) is 9.31 Å². The standard InChI is InChI=1S/C16H20BFN2O2/c1-11-9-20(10-19-11)14-7-6-12(8-13(14)18)17-21-15(2,3)16(4,5)22-17/h6-10H,1-5H3. The van der Waals surface area contributed by atoms with Crippen LogP contribution in [0.1, 0.15) is 33.4 Å². The molecular weight excluding hydrogens is 282 g/mol. The second kappa shape index (κ2) is 4.93. The molecule has 1 fully saturated rings. The van der Waals surface area contributed by atoms with Crippen LogP contribution in [0.4, 0.5) is 4.39 Å². The predicted molar refractivity (Wildman–Crippen MR) is 84.0 cm³/mol. The Kier molecular flexibility index (Phi) is 3.42. The molecule has 0 radical (unpaired) electrons. The summed E-state index contributed by atoms with van der Waals surface area (Å²) in [7, 11) is -0.557. The molecule has 22 heavy (non-hydrogen) atoms. The third-order valence-corrected chi connectivity index (χ3v) is 4.49. The van der Waals surface area contributed by atoms with Crippen LogP contribution in [0.3, 0.4) is 0 Å². The van der Waals surface area contributed by atoms with Crippen molar-refractivity contribution in [3.63, 3.8) is 0 Å². The van der Waals surface area contributed by atoms with Gasteiger partial charge in [0.15, 0.2) is 0 Å². The average Bonchev–Trinajstić information content (AvgIpc) is 2.91. The highest BCUT2D eigenvalue weighted by molar-refractivity contribution is 6.62. The minimum absolute atomic E-state index is 0.329. The molecule has 0 amide bonds. The molecule has 0 aliphatic carbocycles. The molecule has 3 rings (SSSR count). The summed E-state index contributed by atoms with van der Waals surface area (Å²) in [5.74, 6) is -0.329. The van der Waals surface area contributed by atoms with E-state index in [-0.39, 0.29) is 5.82 Å². The van der Waals surface area contributed by atoms with Gasteiger partial charge in [0.1, 0.15) is 5.82 Å². The summed E-state index contributed by atoms with van der Waals surface area (Å²) in [5, 5.41) is 0. The fourth-order valence-electron chi connectivity index (χ4n) is 2.41. The van der Waals surface area contributed by atoms with Crippen molar-refractivity contribution in [1.29, 1.82) is 0 Å². The van der Waals surface area contributed by atoms with Gasteiger partial charge in [0, 0.05) is 6.20 Å². The molecule has 1 aromatic carbocycles. The Morgan fingerprint density at radius 3 is 2.27 bits per heavy atom. The van der Waals surface area contributed by atoms with Crippen LogP contribution in [0.15, 0.2) is 30.7 Å². The number of benzene rings is 1. The molecule has 0 unspecified atom stereocenters. The first kappa shape index (κ1) is 15.2. The maximum Gasteiger partial charge on any atom is 0.494 e. The lowest BCUT2D eigenvalue weighted by Gasteiger charge is -2.32. The van der Waals surface area contributed by atoms with E-state index in [1.54, 1.807) is 23.2 Å². The average molecular weight is 302 g/mol. The smallest absolute Gasteiger partial charge is 0.399 e. The van der Waals surface area contributed by atoms with Gasteiger partial charge in [0.2, 0.25) is 0 Å². The van der Waals surface area contributed by atoms with Crippen molar-refractivity contribution in [2.45, 2.75) is 45.8 Å². The van der Waals surface area contributed by atoms with Gasteiger partial charge in [-0.2, -0.15) is 0 Å². The fraction of sp³-hybridized carbons (Fsp3) is 0.438. The van der Waals surface area contributed by atoms with E-state index >= 15 is 0 Å². The Hall–Kier alpha value is -1.66. The number of aryl methyl sites for hydroxylation is 1. The van der Waals surface area contributed by atoms with Gasteiger partial charge in [0.25, 0.3) is 0 Å². The summed E-state index contributed by atoms with van der Waals surface area (Å²) in [6.45, 7) is 9.78. The minimum atomic E-state index is -0.557. The van der Waals surface area contributed by atoms with Crippen molar-refractivity contribution < 1.29 is 13.7 Å². The van der Waals surface area contributed by atoms with Crippen molar-refractivity contribution in [2.24, 2.45) is 0 Å². The second-order valence-corrected chi connectivity index (χ2v) is 6.72. The van der Waals surface area contributed by atoms with Gasteiger partial charge in [-0.25, -0.2) is 9.37 Å². The number of halogens is 1. The lowest BCUT2D eigenvalue weighted by molar-refractivity contribution is 0.00578. The Balaban J connectivity index is 1.90. The van der Waals surface area contributed by atoms with Crippen LogP contribution < -0.4 is 5.46 Å². The van der Waals surface area contributed by atoms with E-state index in [1.807, 2.05) is 40.7 Å². The normalized spacial score (nSPS) is 19.6. The van der Waals surface area contributed by atoms with Crippen LogP contribution in [0.25, 0.3) is 5.69 Å². The molecule has 4 nitrogen and oxygen atoms in total. The zero-order valence-electron chi connectivity index (χ0n) is 13.6. The molecule has 0 saturated carbocycles. The number of hydrogen-bond acceptors (Lipinski definition) is 3. The van der Waals surface area contributed by atoms with Crippen LogP contribution in [0.5, 0.6) is 0 Å². The number of aromatic nitrogens is 2. The largest absolute Gasteiger partial charge is 0.494 e. The molecule has 116 valence electrons. The van der Waals surface area contributed by atoms with Crippen molar-refractivity contribution >= 4 is 12.6 Å². The summed E-state index contributed by atoms with van der Waals surface area (Å²) < 4.78 is 28.0. The highest BCUT2D eigenvalue weighted by Gasteiger charge is 2.51. The van der Waals surface area contributed by atoms with E-state index in [1.165, 1.54) is 6.07 Å². The van der Waals surface area contributed by atoms with Gasteiger partial charge < -0.3 is 13.9 Å². The first-order valence-electron chi connectivity index (χ1n) is 7.36. The first-order chi connectivity index (χ1) is 10.2. The lowest BCUT2D eigenvalue weighted by Crippen LogP contribution is -2.41. The van der Waals surface area contributed by atoms with Gasteiger partial charge in [-0.3, -0.25) is 0 Å². The van der Waals surface area contributed by atoms with Gasteiger partial charge in [-0.05, 0) is 52.2 Å².